The van der Waals surface area contributed by atoms with Crippen molar-refractivity contribution in [1.82, 2.24) is 0 Å². The Kier molecular flexibility index (Phi) is 6.31. The summed E-state index contributed by atoms with van der Waals surface area (Å²) in [5.41, 5.74) is 4.68. The molecule has 0 fully saturated rings. The zero-order valence-electron chi connectivity index (χ0n) is 17.0. The van der Waals surface area contributed by atoms with Crippen LogP contribution in [0.3, 0.4) is 0 Å². The number of ether oxygens (including phenoxy) is 2. The van der Waals surface area contributed by atoms with Crippen LogP contribution in [-0.2, 0) is 13.2 Å². The van der Waals surface area contributed by atoms with Crippen molar-refractivity contribution in [3.8, 4) is 17.2 Å². The normalized spacial score (nSPS) is 10.4. The van der Waals surface area contributed by atoms with Gasteiger partial charge in [-0.3, -0.25) is 0 Å². The summed E-state index contributed by atoms with van der Waals surface area (Å²) in [5.74, 6) is 2.53. The molecule has 0 unspecified atom stereocenters. The van der Waals surface area contributed by atoms with Gasteiger partial charge in [0.1, 0.15) is 23.9 Å². The molecular formula is C27H25NO2. The highest BCUT2D eigenvalue weighted by Crippen LogP contribution is 2.23. The molecule has 0 aromatic heterocycles. The highest BCUT2D eigenvalue weighted by Gasteiger charge is 2.00. The number of anilines is 1. The van der Waals surface area contributed by atoms with E-state index in [1.165, 1.54) is 16.7 Å². The van der Waals surface area contributed by atoms with E-state index in [2.05, 4.69) is 48.6 Å². The van der Waals surface area contributed by atoms with E-state index < -0.39 is 0 Å². The molecule has 0 aliphatic carbocycles. The Bertz CT molecular complexity index is 1040. The molecule has 4 aromatic rings. The van der Waals surface area contributed by atoms with Gasteiger partial charge in [-0.05, 0) is 66.6 Å². The van der Waals surface area contributed by atoms with Crippen LogP contribution in [0.15, 0.2) is 103 Å². The van der Waals surface area contributed by atoms with Crippen molar-refractivity contribution in [3.05, 3.63) is 120 Å². The van der Waals surface area contributed by atoms with Gasteiger partial charge in [0.25, 0.3) is 0 Å². The highest BCUT2D eigenvalue weighted by atomic mass is 16.5. The molecule has 1 N–H and O–H groups in total. The summed E-state index contributed by atoms with van der Waals surface area (Å²) in [6.07, 6.45) is 0. The SMILES string of the molecule is Cc1ccc(COc2ccc(CNc3ccc(Oc4ccccc4)cc3)cc2)cc1. The van der Waals surface area contributed by atoms with E-state index >= 15 is 0 Å². The minimum Gasteiger partial charge on any atom is -0.489 e. The molecule has 0 atom stereocenters. The second kappa shape index (κ2) is 9.66. The molecule has 3 nitrogen and oxygen atoms in total. The van der Waals surface area contributed by atoms with Crippen molar-refractivity contribution < 1.29 is 9.47 Å². The molecule has 4 aromatic carbocycles. The average Bonchev–Trinajstić information content (AvgIpc) is 2.80. The van der Waals surface area contributed by atoms with Crippen LogP contribution in [-0.4, -0.2) is 0 Å². The Labute approximate surface area is 177 Å². The van der Waals surface area contributed by atoms with Gasteiger partial charge in [-0.25, -0.2) is 0 Å². The van der Waals surface area contributed by atoms with Gasteiger partial charge in [0.15, 0.2) is 0 Å². The van der Waals surface area contributed by atoms with Crippen molar-refractivity contribution in [3.63, 3.8) is 0 Å². The van der Waals surface area contributed by atoms with Gasteiger partial charge in [-0.1, -0.05) is 60.2 Å². The average molecular weight is 396 g/mol. The Morgan fingerprint density at radius 2 is 1.20 bits per heavy atom. The number of aryl methyl sites for hydroxylation is 1. The van der Waals surface area contributed by atoms with Gasteiger partial charge < -0.3 is 14.8 Å². The quantitative estimate of drug-likeness (QED) is 0.349. The summed E-state index contributed by atoms with van der Waals surface area (Å²) in [6.45, 7) is 3.41. The van der Waals surface area contributed by atoms with Crippen LogP contribution >= 0.6 is 0 Å². The molecule has 0 spiro atoms. The first-order valence-electron chi connectivity index (χ1n) is 10.1. The molecule has 0 bridgehead atoms. The summed E-state index contributed by atoms with van der Waals surface area (Å²) in [5, 5.41) is 3.44. The fourth-order valence-corrected chi connectivity index (χ4v) is 3.02. The van der Waals surface area contributed by atoms with Crippen LogP contribution < -0.4 is 14.8 Å². The molecular weight excluding hydrogens is 370 g/mol. The monoisotopic (exact) mass is 395 g/mol. The van der Waals surface area contributed by atoms with Crippen LogP contribution in [0.25, 0.3) is 0 Å². The minimum absolute atomic E-state index is 0.579. The lowest BCUT2D eigenvalue weighted by atomic mass is 10.2. The molecule has 150 valence electrons. The Balaban J connectivity index is 1.26. The zero-order chi connectivity index (χ0) is 20.6. The standard InChI is InChI=1S/C27H25NO2/c1-21-7-9-23(10-8-21)20-29-25-15-11-22(12-16-25)19-28-24-13-17-27(18-14-24)30-26-5-3-2-4-6-26/h2-18,28H,19-20H2,1H3. The van der Waals surface area contributed by atoms with Crippen LogP contribution in [0.5, 0.6) is 17.2 Å². The maximum atomic E-state index is 5.88. The van der Waals surface area contributed by atoms with E-state index in [-0.39, 0.29) is 0 Å². The summed E-state index contributed by atoms with van der Waals surface area (Å²) < 4.78 is 11.7. The van der Waals surface area contributed by atoms with Crippen molar-refractivity contribution >= 4 is 5.69 Å². The topological polar surface area (TPSA) is 30.5 Å². The lowest BCUT2D eigenvalue weighted by molar-refractivity contribution is 0.306. The Morgan fingerprint density at radius 1 is 0.600 bits per heavy atom. The predicted octanol–water partition coefficient (Wildman–Crippen LogP) is 6.98. The van der Waals surface area contributed by atoms with Gasteiger partial charge in [0, 0.05) is 12.2 Å². The van der Waals surface area contributed by atoms with Gasteiger partial charge >= 0.3 is 0 Å². The van der Waals surface area contributed by atoms with Gasteiger partial charge in [-0.2, -0.15) is 0 Å². The zero-order valence-corrected chi connectivity index (χ0v) is 17.0. The van der Waals surface area contributed by atoms with Crippen molar-refractivity contribution in [2.45, 2.75) is 20.1 Å². The first kappa shape index (κ1) is 19.6. The second-order valence-electron chi connectivity index (χ2n) is 7.21. The van der Waals surface area contributed by atoms with E-state index in [9.17, 15) is 0 Å². The summed E-state index contributed by atoms with van der Waals surface area (Å²) >= 11 is 0. The second-order valence-corrected chi connectivity index (χ2v) is 7.21. The summed E-state index contributed by atoms with van der Waals surface area (Å²) in [7, 11) is 0. The number of para-hydroxylation sites is 1. The lowest BCUT2D eigenvalue weighted by Crippen LogP contribution is -2.00. The van der Waals surface area contributed by atoms with E-state index in [0.29, 0.717) is 6.61 Å². The molecule has 0 saturated heterocycles. The van der Waals surface area contributed by atoms with Crippen LogP contribution in [0.1, 0.15) is 16.7 Å². The van der Waals surface area contributed by atoms with Crippen LogP contribution in [0, 0.1) is 6.92 Å². The molecule has 0 radical (unpaired) electrons. The molecule has 3 heteroatoms. The third-order valence-electron chi connectivity index (χ3n) is 4.78. The van der Waals surface area contributed by atoms with Crippen molar-refractivity contribution in [2.24, 2.45) is 0 Å². The number of benzene rings is 4. The highest BCUT2D eigenvalue weighted by molar-refractivity contribution is 5.47. The van der Waals surface area contributed by atoms with E-state index in [1.807, 2.05) is 66.7 Å². The minimum atomic E-state index is 0.579. The van der Waals surface area contributed by atoms with Crippen LogP contribution in [0.2, 0.25) is 0 Å². The van der Waals surface area contributed by atoms with Gasteiger partial charge in [0.2, 0.25) is 0 Å². The molecule has 0 amide bonds. The number of nitrogens with one attached hydrogen (secondary N) is 1. The number of hydrogen-bond acceptors (Lipinski definition) is 3. The Morgan fingerprint density at radius 3 is 1.90 bits per heavy atom. The summed E-state index contributed by atoms with van der Waals surface area (Å²) in [6, 6.07) is 34.4. The smallest absolute Gasteiger partial charge is 0.127 e. The third kappa shape index (κ3) is 5.65. The van der Waals surface area contributed by atoms with E-state index in [0.717, 1.165) is 29.5 Å². The first-order valence-corrected chi connectivity index (χ1v) is 10.1. The number of rotatable bonds is 8. The molecule has 0 saturated carbocycles. The van der Waals surface area contributed by atoms with E-state index in [1.54, 1.807) is 0 Å². The van der Waals surface area contributed by atoms with Crippen molar-refractivity contribution in [2.75, 3.05) is 5.32 Å². The van der Waals surface area contributed by atoms with E-state index in [4.69, 9.17) is 9.47 Å². The maximum absolute atomic E-state index is 5.88. The fourth-order valence-electron chi connectivity index (χ4n) is 3.02. The number of hydrogen-bond donors (Lipinski definition) is 1. The maximum Gasteiger partial charge on any atom is 0.127 e. The molecule has 4 rings (SSSR count). The molecule has 0 aliphatic heterocycles. The Hall–Kier alpha value is -3.72. The largest absolute Gasteiger partial charge is 0.489 e. The fraction of sp³-hybridized carbons (Fsp3) is 0.111. The first-order chi connectivity index (χ1) is 14.7. The molecule has 0 aliphatic rings. The predicted molar refractivity (Wildman–Crippen MR) is 122 cm³/mol. The summed E-state index contributed by atoms with van der Waals surface area (Å²) in [4.78, 5) is 0. The van der Waals surface area contributed by atoms with Crippen LogP contribution in [0.4, 0.5) is 5.69 Å². The molecule has 30 heavy (non-hydrogen) atoms. The molecule has 0 heterocycles. The van der Waals surface area contributed by atoms with Gasteiger partial charge in [-0.15, -0.1) is 0 Å². The lowest BCUT2D eigenvalue weighted by Gasteiger charge is -2.10. The third-order valence-corrected chi connectivity index (χ3v) is 4.78. The van der Waals surface area contributed by atoms with Gasteiger partial charge in [0.05, 0.1) is 0 Å². The van der Waals surface area contributed by atoms with Crippen molar-refractivity contribution in [1.29, 1.82) is 0 Å².